The zero-order chi connectivity index (χ0) is 13.1. The van der Waals surface area contributed by atoms with E-state index in [0.29, 0.717) is 0 Å². The average molecular weight is 266 g/mol. The van der Waals surface area contributed by atoms with Gasteiger partial charge in [0.25, 0.3) is 0 Å². The third kappa shape index (κ3) is 2.54. The second kappa shape index (κ2) is 5.49. The van der Waals surface area contributed by atoms with E-state index >= 15 is 0 Å². The van der Waals surface area contributed by atoms with Crippen molar-refractivity contribution in [2.75, 3.05) is 14.2 Å². The largest absolute Gasteiger partial charge is 0.493 e. The lowest BCUT2D eigenvalue weighted by atomic mass is 10.1. The van der Waals surface area contributed by atoms with Gasteiger partial charge in [-0.25, -0.2) is 4.98 Å². The number of nitrogens with one attached hydrogen (secondary N) is 1. The van der Waals surface area contributed by atoms with Crippen LogP contribution in [-0.4, -0.2) is 28.9 Å². The van der Waals surface area contributed by atoms with E-state index in [2.05, 4.69) is 20.8 Å². The Morgan fingerprint density at radius 2 is 2.33 bits per heavy atom. The molecule has 2 aromatic heterocycles. The van der Waals surface area contributed by atoms with E-state index in [1.165, 1.54) is 0 Å². The number of rotatable bonds is 5. The molecule has 1 unspecified atom stereocenters. The molecular formula is C12H18N4OS. The maximum absolute atomic E-state index is 5.35. The molecule has 2 aromatic rings. The lowest BCUT2D eigenvalue weighted by molar-refractivity contribution is 0.396. The SMILES string of the molecule is CNC(Cc1csc(C)n1)c1c(OC)cnn1C. The Labute approximate surface area is 111 Å². The van der Waals surface area contributed by atoms with Crippen molar-refractivity contribution in [2.45, 2.75) is 19.4 Å². The summed E-state index contributed by atoms with van der Waals surface area (Å²) in [6, 6.07) is 0.147. The fourth-order valence-electron chi connectivity index (χ4n) is 2.03. The number of hydrogen-bond acceptors (Lipinski definition) is 5. The zero-order valence-electron chi connectivity index (χ0n) is 11.1. The monoisotopic (exact) mass is 266 g/mol. The van der Waals surface area contributed by atoms with E-state index in [1.807, 2.05) is 25.7 Å². The minimum atomic E-state index is 0.147. The second-order valence-corrected chi connectivity index (χ2v) is 5.19. The van der Waals surface area contributed by atoms with Crippen LogP contribution in [0.15, 0.2) is 11.6 Å². The number of methoxy groups -OCH3 is 1. The molecule has 0 fully saturated rings. The molecule has 0 aliphatic heterocycles. The standard InChI is InChI=1S/C12H18N4OS/c1-8-15-9(7-18-8)5-10(13-2)12-11(17-4)6-14-16(12)3/h6-7,10,13H,5H2,1-4H3. The van der Waals surface area contributed by atoms with Crippen LogP contribution in [0.4, 0.5) is 0 Å². The summed E-state index contributed by atoms with van der Waals surface area (Å²) in [4.78, 5) is 4.50. The Morgan fingerprint density at radius 3 is 2.89 bits per heavy atom. The molecule has 0 aliphatic rings. The first-order chi connectivity index (χ1) is 8.65. The molecule has 0 radical (unpaired) electrons. The number of aryl methyl sites for hydroxylation is 2. The van der Waals surface area contributed by atoms with Crippen LogP contribution in [0.25, 0.3) is 0 Å². The number of aromatic nitrogens is 3. The summed E-state index contributed by atoms with van der Waals surface area (Å²) < 4.78 is 7.20. The molecule has 0 spiro atoms. The highest BCUT2D eigenvalue weighted by atomic mass is 32.1. The topological polar surface area (TPSA) is 52.0 Å². The molecule has 0 saturated heterocycles. The Bertz CT molecular complexity index is 520. The van der Waals surface area contributed by atoms with E-state index in [-0.39, 0.29) is 6.04 Å². The van der Waals surface area contributed by atoms with Gasteiger partial charge in [0, 0.05) is 18.8 Å². The summed E-state index contributed by atoms with van der Waals surface area (Å²) in [6.45, 7) is 2.02. The third-order valence-corrected chi connectivity index (χ3v) is 3.75. The Kier molecular flexibility index (Phi) is 3.98. The summed E-state index contributed by atoms with van der Waals surface area (Å²) in [6.07, 6.45) is 2.57. The van der Waals surface area contributed by atoms with Crippen LogP contribution in [0.5, 0.6) is 5.75 Å². The maximum Gasteiger partial charge on any atom is 0.161 e. The molecule has 0 amide bonds. The molecule has 0 aromatic carbocycles. The minimum absolute atomic E-state index is 0.147. The van der Waals surface area contributed by atoms with Crippen molar-refractivity contribution in [3.8, 4) is 5.75 Å². The van der Waals surface area contributed by atoms with Gasteiger partial charge in [0.15, 0.2) is 5.75 Å². The molecule has 5 nitrogen and oxygen atoms in total. The number of thiazole rings is 1. The van der Waals surface area contributed by atoms with Gasteiger partial charge in [-0.3, -0.25) is 4.68 Å². The smallest absolute Gasteiger partial charge is 0.161 e. The van der Waals surface area contributed by atoms with Crippen molar-refractivity contribution < 1.29 is 4.74 Å². The van der Waals surface area contributed by atoms with Crippen molar-refractivity contribution >= 4 is 11.3 Å². The van der Waals surface area contributed by atoms with E-state index < -0.39 is 0 Å². The lowest BCUT2D eigenvalue weighted by Crippen LogP contribution is -2.22. The first-order valence-corrected chi connectivity index (χ1v) is 6.67. The summed E-state index contributed by atoms with van der Waals surface area (Å²) in [5.41, 5.74) is 2.14. The number of nitrogens with zero attached hydrogens (tertiary/aromatic N) is 3. The van der Waals surface area contributed by atoms with Gasteiger partial charge in [-0.1, -0.05) is 0 Å². The highest BCUT2D eigenvalue weighted by Crippen LogP contribution is 2.27. The first kappa shape index (κ1) is 13.0. The lowest BCUT2D eigenvalue weighted by Gasteiger charge is -2.16. The van der Waals surface area contributed by atoms with Crippen LogP contribution in [-0.2, 0) is 13.5 Å². The Balaban J connectivity index is 2.25. The van der Waals surface area contributed by atoms with Crippen molar-refractivity contribution in [3.63, 3.8) is 0 Å². The van der Waals surface area contributed by atoms with E-state index in [0.717, 1.165) is 28.6 Å². The number of hydrogen-bond donors (Lipinski definition) is 1. The first-order valence-electron chi connectivity index (χ1n) is 5.79. The molecule has 0 bridgehead atoms. The van der Waals surface area contributed by atoms with Gasteiger partial charge in [0.2, 0.25) is 0 Å². The summed E-state index contributed by atoms with van der Waals surface area (Å²) in [5.74, 6) is 0.809. The van der Waals surface area contributed by atoms with Crippen LogP contribution in [0.2, 0.25) is 0 Å². The number of likely N-dealkylation sites (N-methyl/N-ethyl adjacent to an activating group) is 1. The van der Waals surface area contributed by atoms with Gasteiger partial charge in [-0.15, -0.1) is 11.3 Å². The van der Waals surface area contributed by atoms with E-state index in [1.54, 1.807) is 24.6 Å². The number of ether oxygens (including phenoxy) is 1. The van der Waals surface area contributed by atoms with Gasteiger partial charge in [-0.2, -0.15) is 5.10 Å². The predicted molar refractivity (Wildman–Crippen MR) is 72.1 cm³/mol. The van der Waals surface area contributed by atoms with Crippen LogP contribution in [0, 0.1) is 6.92 Å². The van der Waals surface area contributed by atoms with Gasteiger partial charge in [0.1, 0.15) is 0 Å². The van der Waals surface area contributed by atoms with E-state index in [9.17, 15) is 0 Å². The van der Waals surface area contributed by atoms with Gasteiger partial charge in [-0.05, 0) is 14.0 Å². The summed E-state index contributed by atoms with van der Waals surface area (Å²) in [5, 5.41) is 10.7. The molecule has 2 rings (SSSR count). The molecule has 1 atom stereocenters. The van der Waals surface area contributed by atoms with Gasteiger partial charge in [0.05, 0.1) is 35.7 Å². The fraction of sp³-hybridized carbons (Fsp3) is 0.500. The summed E-state index contributed by atoms with van der Waals surface area (Å²) >= 11 is 1.68. The minimum Gasteiger partial charge on any atom is -0.493 e. The normalized spacial score (nSPS) is 12.7. The predicted octanol–water partition coefficient (Wildman–Crippen LogP) is 1.70. The second-order valence-electron chi connectivity index (χ2n) is 4.13. The van der Waals surface area contributed by atoms with Crippen molar-refractivity contribution in [2.24, 2.45) is 7.05 Å². The molecule has 2 heterocycles. The van der Waals surface area contributed by atoms with Crippen LogP contribution < -0.4 is 10.1 Å². The van der Waals surface area contributed by atoms with E-state index in [4.69, 9.17) is 4.74 Å². The van der Waals surface area contributed by atoms with Crippen molar-refractivity contribution in [3.05, 3.63) is 28.0 Å². The highest BCUT2D eigenvalue weighted by molar-refractivity contribution is 7.09. The maximum atomic E-state index is 5.35. The molecule has 98 valence electrons. The van der Waals surface area contributed by atoms with Gasteiger partial charge >= 0.3 is 0 Å². The molecule has 0 saturated carbocycles. The van der Waals surface area contributed by atoms with Crippen molar-refractivity contribution in [1.82, 2.24) is 20.1 Å². The van der Waals surface area contributed by atoms with Crippen LogP contribution in [0.3, 0.4) is 0 Å². The fourth-order valence-corrected chi connectivity index (χ4v) is 2.65. The highest BCUT2D eigenvalue weighted by Gasteiger charge is 2.20. The van der Waals surface area contributed by atoms with Gasteiger partial charge < -0.3 is 10.1 Å². The Morgan fingerprint density at radius 1 is 1.56 bits per heavy atom. The third-order valence-electron chi connectivity index (χ3n) is 2.93. The zero-order valence-corrected chi connectivity index (χ0v) is 11.9. The van der Waals surface area contributed by atoms with Crippen molar-refractivity contribution in [1.29, 1.82) is 0 Å². The van der Waals surface area contributed by atoms with Crippen LogP contribution in [0.1, 0.15) is 22.4 Å². The van der Waals surface area contributed by atoms with Crippen LogP contribution >= 0.6 is 11.3 Å². The summed E-state index contributed by atoms with van der Waals surface area (Å²) in [7, 11) is 5.53. The molecule has 1 N–H and O–H groups in total. The molecule has 18 heavy (non-hydrogen) atoms. The molecular weight excluding hydrogens is 248 g/mol. The Hall–Kier alpha value is -1.40. The average Bonchev–Trinajstić information content (AvgIpc) is 2.92. The molecule has 6 heteroatoms. The molecule has 0 aliphatic carbocycles. The quantitative estimate of drug-likeness (QED) is 0.895.